The topological polar surface area (TPSA) is 117 Å². The Morgan fingerprint density at radius 2 is 1.92 bits per heavy atom. The Bertz CT molecular complexity index is 1450. The Morgan fingerprint density at radius 1 is 1.19 bits per heavy atom. The predicted octanol–water partition coefficient (Wildman–Crippen LogP) is 2.35. The number of primary amides is 1. The number of halogens is 1. The summed E-state index contributed by atoms with van der Waals surface area (Å²) in [5, 5.41) is 5.69. The number of thiazole rings is 1. The lowest BCUT2D eigenvalue weighted by Crippen LogP contribution is -2.64. The molecule has 1 aromatic carbocycles. The molecule has 2 aliphatic rings. The zero-order chi connectivity index (χ0) is 26.1. The van der Waals surface area contributed by atoms with Crippen molar-refractivity contribution in [2.24, 2.45) is 12.8 Å². The minimum absolute atomic E-state index is 0.0847. The molecule has 4 heterocycles. The van der Waals surface area contributed by atoms with E-state index in [4.69, 9.17) is 5.73 Å². The van der Waals surface area contributed by atoms with Crippen molar-refractivity contribution < 1.29 is 18.8 Å². The number of benzene rings is 1. The van der Waals surface area contributed by atoms with Gasteiger partial charge in [0.25, 0.3) is 11.7 Å². The number of anilines is 1. The Balaban J connectivity index is 1.48. The Labute approximate surface area is 211 Å². The molecule has 0 spiro atoms. The number of Topliss-reactive ketones (excluding diaryl/α,β-unsaturated/α-hetero) is 1. The molecular weight excluding hydrogens is 485 g/mol. The highest BCUT2D eigenvalue weighted by Gasteiger charge is 2.70. The summed E-state index contributed by atoms with van der Waals surface area (Å²) in [6.07, 6.45) is 1.82. The van der Waals surface area contributed by atoms with Crippen molar-refractivity contribution in [2.45, 2.75) is 33.2 Å². The largest absolute Gasteiger partial charge is 0.366 e. The van der Waals surface area contributed by atoms with Gasteiger partial charge >= 0.3 is 5.91 Å². The highest BCUT2D eigenvalue weighted by molar-refractivity contribution is 7.11. The molecule has 0 saturated carbocycles. The van der Waals surface area contributed by atoms with E-state index >= 15 is 0 Å². The second-order valence-electron chi connectivity index (χ2n) is 9.27. The molecule has 188 valence electrons. The van der Waals surface area contributed by atoms with E-state index in [0.29, 0.717) is 35.6 Å². The van der Waals surface area contributed by atoms with Gasteiger partial charge in [-0.3, -0.25) is 19.8 Å². The fourth-order valence-corrected chi connectivity index (χ4v) is 5.73. The number of hydrazine groups is 3. The van der Waals surface area contributed by atoms with Gasteiger partial charge in [0.05, 0.1) is 23.5 Å². The number of ketones is 1. The van der Waals surface area contributed by atoms with Gasteiger partial charge in [0.2, 0.25) is 0 Å². The van der Waals surface area contributed by atoms with Gasteiger partial charge < -0.3 is 10.3 Å². The Hall–Kier alpha value is -3.61. The van der Waals surface area contributed by atoms with Crippen LogP contribution < -0.4 is 11.2 Å². The molecular formula is C24H26FN7O3S. The number of nitrogens with two attached hydrogens (primary N) is 1. The SMILES string of the molecule is Cc1cnc(C23CN(N(Nc4ccc(F)c(C)c4)C(=O)C(=O)c4c(C)c(C(N)=O)c(C)n4C)N2C3)s1. The summed E-state index contributed by atoms with van der Waals surface area (Å²) in [4.78, 5) is 44.7. The highest BCUT2D eigenvalue weighted by Crippen LogP contribution is 2.54. The van der Waals surface area contributed by atoms with Gasteiger partial charge in [0, 0.05) is 30.4 Å². The molecule has 2 unspecified atom stereocenters. The standard InChI is InChI=1S/C24H26FN7O3S/c1-12-8-16(6-7-17(12)25)28-32(31-11-24(10-30(24)31)23-27-9-13(2)36-23)22(35)20(33)19-14(3)18(21(26)34)15(4)29(19)5/h6-9,28H,10-11H2,1-5H3,(H2,26,34). The fraction of sp³-hybridized carbons (Fsp3) is 0.333. The molecule has 2 atom stereocenters. The first-order chi connectivity index (χ1) is 17.0. The first-order valence-electron chi connectivity index (χ1n) is 11.3. The van der Waals surface area contributed by atoms with Gasteiger partial charge in [-0.05, 0) is 57.0 Å². The van der Waals surface area contributed by atoms with E-state index in [1.807, 2.05) is 18.1 Å². The maximum atomic E-state index is 13.9. The second-order valence-corrected chi connectivity index (χ2v) is 10.5. The van der Waals surface area contributed by atoms with E-state index in [0.717, 1.165) is 15.0 Å². The first kappa shape index (κ1) is 24.1. The maximum Gasteiger partial charge on any atom is 0.331 e. The van der Waals surface area contributed by atoms with E-state index in [2.05, 4.69) is 10.4 Å². The zero-order valence-electron chi connectivity index (χ0n) is 20.5. The number of nitrogens with one attached hydrogen (secondary N) is 1. The summed E-state index contributed by atoms with van der Waals surface area (Å²) in [5.41, 5.74) is 10.2. The maximum absolute atomic E-state index is 13.9. The summed E-state index contributed by atoms with van der Waals surface area (Å²) < 4.78 is 15.4. The summed E-state index contributed by atoms with van der Waals surface area (Å²) in [5.74, 6) is -2.70. The van der Waals surface area contributed by atoms with Gasteiger partial charge in [-0.2, -0.15) is 5.12 Å². The summed E-state index contributed by atoms with van der Waals surface area (Å²) >= 11 is 1.60. The molecule has 2 fully saturated rings. The molecule has 36 heavy (non-hydrogen) atoms. The average molecular weight is 512 g/mol. The van der Waals surface area contributed by atoms with Crippen LogP contribution in [0.1, 0.15) is 47.6 Å². The molecule has 0 bridgehead atoms. The first-order valence-corrected chi connectivity index (χ1v) is 12.1. The van der Waals surface area contributed by atoms with Crippen LogP contribution >= 0.6 is 11.3 Å². The van der Waals surface area contributed by atoms with Crippen molar-refractivity contribution in [1.82, 2.24) is 24.8 Å². The van der Waals surface area contributed by atoms with Crippen LogP contribution in [-0.4, -0.2) is 55.5 Å². The van der Waals surface area contributed by atoms with Gasteiger partial charge in [0.15, 0.2) is 0 Å². The van der Waals surface area contributed by atoms with E-state index < -0.39 is 17.6 Å². The minimum atomic E-state index is -0.854. The van der Waals surface area contributed by atoms with Gasteiger partial charge in [-0.15, -0.1) is 16.5 Å². The molecule has 2 amide bonds. The van der Waals surface area contributed by atoms with Gasteiger partial charge in [-0.25, -0.2) is 14.4 Å². The van der Waals surface area contributed by atoms with E-state index in [1.165, 1.54) is 16.7 Å². The molecule has 5 rings (SSSR count). The lowest BCUT2D eigenvalue weighted by atomic mass is 10.1. The van der Waals surface area contributed by atoms with Crippen LogP contribution in [0, 0.1) is 33.5 Å². The third kappa shape index (κ3) is 3.52. The number of aromatic nitrogens is 2. The number of hydrogen-bond donors (Lipinski definition) is 2. The third-order valence-corrected chi connectivity index (χ3v) is 8.01. The number of aryl methyl sites for hydroxylation is 2. The van der Waals surface area contributed by atoms with Crippen LogP contribution in [-0.2, 0) is 17.4 Å². The Morgan fingerprint density at radius 3 is 2.47 bits per heavy atom. The molecule has 2 aromatic heterocycles. The highest BCUT2D eigenvalue weighted by atomic mass is 32.1. The summed E-state index contributed by atoms with van der Waals surface area (Å²) in [7, 11) is 1.61. The molecule has 10 nitrogen and oxygen atoms in total. The quantitative estimate of drug-likeness (QED) is 0.216. The van der Waals surface area contributed by atoms with Crippen LogP contribution in [0.4, 0.5) is 10.1 Å². The van der Waals surface area contributed by atoms with Crippen LogP contribution in [0.2, 0.25) is 0 Å². The molecule has 2 saturated heterocycles. The molecule has 0 radical (unpaired) electrons. The van der Waals surface area contributed by atoms with Crippen molar-refractivity contribution in [3.8, 4) is 0 Å². The predicted molar refractivity (Wildman–Crippen MR) is 131 cm³/mol. The fourth-order valence-electron chi connectivity index (χ4n) is 4.79. The normalized spacial score (nSPS) is 20.4. The van der Waals surface area contributed by atoms with Gasteiger partial charge in [0.1, 0.15) is 16.4 Å². The van der Waals surface area contributed by atoms with Crippen molar-refractivity contribution >= 4 is 34.6 Å². The number of rotatable bonds is 7. The second kappa shape index (κ2) is 8.22. The average Bonchev–Trinajstić information content (AvgIpc) is 3.06. The third-order valence-electron chi connectivity index (χ3n) is 6.91. The monoisotopic (exact) mass is 511 g/mol. The van der Waals surface area contributed by atoms with Crippen LogP contribution in [0.25, 0.3) is 0 Å². The number of carbonyl (C=O) groups excluding carboxylic acids is 3. The van der Waals surface area contributed by atoms with Crippen molar-refractivity contribution in [2.75, 3.05) is 18.5 Å². The lowest BCUT2D eigenvalue weighted by Gasteiger charge is -2.44. The Kier molecular flexibility index (Phi) is 5.50. The van der Waals surface area contributed by atoms with Crippen molar-refractivity contribution in [1.29, 1.82) is 0 Å². The van der Waals surface area contributed by atoms with E-state index in [-0.39, 0.29) is 22.6 Å². The minimum Gasteiger partial charge on any atom is -0.366 e. The number of amides is 2. The molecule has 0 aliphatic carbocycles. The number of hydrogen-bond acceptors (Lipinski definition) is 8. The van der Waals surface area contributed by atoms with Gasteiger partial charge in [-0.1, -0.05) is 0 Å². The smallest absolute Gasteiger partial charge is 0.331 e. The summed E-state index contributed by atoms with van der Waals surface area (Å²) in [6, 6.07) is 4.35. The van der Waals surface area contributed by atoms with E-state index in [1.54, 1.807) is 50.3 Å². The van der Waals surface area contributed by atoms with Crippen LogP contribution in [0.3, 0.4) is 0 Å². The number of carbonyl (C=O) groups is 3. The molecule has 12 heteroatoms. The lowest BCUT2D eigenvalue weighted by molar-refractivity contribution is -0.201. The van der Waals surface area contributed by atoms with Crippen molar-refractivity contribution in [3.63, 3.8) is 0 Å². The van der Waals surface area contributed by atoms with Crippen LogP contribution in [0.15, 0.2) is 24.4 Å². The number of nitrogens with zero attached hydrogens (tertiary/aromatic N) is 5. The number of fused-ring (bicyclic) bond motifs is 1. The van der Waals surface area contributed by atoms with Crippen LogP contribution in [0.5, 0.6) is 0 Å². The molecule has 3 aromatic rings. The van der Waals surface area contributed by atoms with E-state index in [9.17, 15) is 18.8 Å². The molecule has 2 aliphatic heterocycles. The molecule has 3 N–H and O–H groups in total. The summed E-state index contributed by atoms with van der Waals surface area (Å²) in [6.45, 7) is 7.95. The zero-order valence-corrected chi connectivity index (χ0v) is 21.4. The van der Waals surface area contributed by atoms with Crippen molar-refractivity contribution in [3.05, 3.63) is 68.2 Å².